The molecule has 1 atom stereocenters. The van der Waals surface area contributed by atoms with Crippen LogP contribution in [-0.4, -0.2) is 55.8 Å². The Labute approximate surface area is 313 Å². The Morgan fingerprint density at radius 3 is 2.21 bits per heavy atom. The summed E-state index contributed by atoms with van der Waals surface area (Å²) in [5, 5.41) is 15.5. The van der Waals surface area contributed by atoms with Crippen LogP contribution < -0.4 is 14.4 Å². The predicted octanol–water partition coefficient (Wildman–Crippen LogP) is 7.50. The molecule has 4 aromatic rings. The molecule has 0 spiro atoms. The second kappa shape index (κ2) is 17.2. The van der Waals surface area contributed by atoms with Gasteiger partial charge in [-0.1, -0.05) is 84.9 Å². The molecule has 52 heavy (non-hydrogen) atoms. The number of nitrogens with one attached hydrogen (secondary N) is 1. The molecular formula is C38H40Cl2N4O7S. The molecule has 1 aliphatic rings. The normalized spacial score (nSPS) is 13.9. The number of halogens is 2. The number of methoxy groups -OCH3 is 1. The zero-order valence-corrected chi connectivity index (χ0v) is 31.2. The monoisotopic (exact) mass is 766 g/mol. The first kappa shape index (κ1) is 38.6. The van der Waals surface area contributed by atoms with Gasteiger partial charge < -0.3 is 15.0 Å². The fourth-order valence-electron chi connectivity index (χ4n) is 6.30. The third-order valence-electron chi connectivity index (χ3n) is 9.22. The molecule has 0 heterocycles. The van der Waals surface area contributed by atoms with Crippen LogP contribution in [-0.2, 0) is 32.6 Å². The van der Waals surface area contributed by atoms with Crippen molar-refractivity contribution in [2.45, 2.75) is 69.0 Å². The number of carbonyl (C=O) groups excluding carboxylic acids is 2. The lowest BCUT2D eigenvalue weighted by Gasteiger charge is -2.35. The lowest BCUT2D eigenvalue weighted by molar-refractivity contribution is -0.385. The number of hydrogen-bond acceptors (Lipinski definition) is 7. The summed E-state index contributed by atoms with van der Waals surface area (Å²) >= 11 is 13.2. The smallest absolute Gasteiger partial charge is 0.273 e. The Kier molecular flexibility index (Phi) is 12.8. The van der Waals surface area contributed by atoms with E-state index < -0.39 is 33.4 Å². The summed E-state index contributed by atoms with van der Waals surface area (Å²) < 4.78 is 35.0. The highest BCUT2D eigenvalue weighted by Gasteiger charge is 2.36. The van der Waals surface area contributed by atoms with Crippen molar-refractivity contribution in [3.63, 3.8) is 0 Å². The highest BCUT2D eigenvalue weighted by molar-refractivity contribution is 7.92. The van der Waals surface area contributed by atoms with Gasteiger partial charge in [0.2, 0.25) is 11.8 Å². The van der Waals surface area contributed by atoms with Crippen LogP contribution in [0.1, 0.15) is 48.8 Å². The molecule has 14 heteroatoms. The van der Waals surface area contributed by atoms with Crippen molar-refractivity contribution in [2.75, 3.05) is 18.0 Å². The van der Waals surface area contributed by atoms with Crippen LogP contribution in [0.3, 0.4) is 0 Å². The van der Waals surface area contributed by atoms with Crippen LogP contribution in [0.25, 0.3) is 0 Å². The van der Waals surface area contributed by atoms with Gasteiger partial charge in [0.1, 0.15) is 18.3 Å². The Bertz CT molecular complexity index is 1990. The molecule has 5 rings (SSSR count). The zero-order valence-electron chi connectivity index (χ0n) is 28.8. The van der Waals surface area contributed by atoms with Gasteiger partial charge in [-0.2, -0.15) is 0 Å². The lowest BCUT2D eigenvalue weighted by atomic mass is 9.94. The molecule has 1 aliphatic carbocycles. The number of nitrogens with zero attached hydrogens (tertiary/aromatic N) is 3. The highest BCUT2D eigenvalue weighted by atomic mass is 35.5. The Balaban J connectivity index is 1.62. The van der Waals surface area contributed by atoms with E-state index in [-0.39, 0.29) is 56.8 Å². The van der Waals surface area contributed by atoms with Gasteiger partial charge in [-0.15, -0.1) is 0 Å². The first-order valence-electron chi connectivity index (χ1n) is 16.9. The summed E-state index contributed by atoms with van der Waals surface area (Å²) in [6.07, 6.45) is 4.75. The minimum Gasteiger partial charge on any atom is -0.497 e. The minimum atomic E-state index is -4.60. The van der Waals surface area contributed by atoms with Crippen molar-refractivity contribution < 1.29 is 27.7 Å². The van der Waals surface area contributed by atoms with Crippen LogP contribution in [0, 0.1) is 17.0 Å². The average molecular weight is 768 g/mol. The maximum atomic E-state index is 14.8. The van der Waals surface area contributed by atoms with E-state index in [1.807, 2.05) is 30.3 Å². The van der Waals surface area contributed by atoms with Crippen molar-refractivity contribution >= 4 is 56.4 Å². The third kappa shape index (κ3) is 9.22. The van der Waals surface area contributed by atoms with E-state index >= 15 is 0 Å². The van der Waals surface area contributed by atoms with E-state index in [1.165, 1.54) is 55.3 Å². The first-order valence-corrected chi connectivity index (χ1v) is 19.1. The largest absolute Gasteiger partial charge is 0.497 e. The molecule has 0 bridgehead atoms. The zero-order chi connectivity index (χ0) is 37.4. The maximum Gasteiger partial charge on any atom is 0.273 e. The number of rotatable bonds is 14. The fraction of sp³-hybridized carbons (Fsp3) is 0.316. The number of ether oxygens (including phenoxy) is 1. The number of nitro benzene ring substituents is 1. The lowest BCUT2D eigenvalue weighted by Crippen LogP contribution is -2.55. The summed E-state index contributed by atoms with van der Waals surface area (Å²) in [5.74, 6) is -0.673. The minimum absolute atomic E-state index is 0.0751. The summed E-state index contributed by atoms with van der Waals surface area (Å²) in [5.41, 5.74) is 1.14. The van der Waals surface area contributed by atoms with Gasteiger partial charge in [-0.25, -0.2) is 8.42 Å². The van der Waals surface area contributed by atoms with Crippen LogP contribution in [0.5, 0.6) is 5.75 Å². The van der Waals surface area contributed by atoms with Gasteiger partial charge in [0.15, 0.2) is 0 Å². The number of sulfonamides is 1. The van der Waals surface area contributed by atoms with Gasteiger partial charge in [0, 0.05) is 46.2 Å². The molecule has 1 fully saturated rings. The number of benzene rings is 4. The Morgan fingerprint density at radius 2 is 1.60 bits per heavy atom. The molecule has 4 aromatic carbocycles. The third-order valence-corrected chi connectivity index (χ3v) is 11.7. The SMILES string of the molecule is COc1ccc(N(CC(=O)N(Cc2c(Cl)cccc2Cl)[C@@H](Cc2ccccc2)C(=O)NC2CCCCC2)S(=O)(=O)c2ccc(C)c([N+](=O)[O-])c2)cc1. The number of carbonyl (C=O) groups is 2. The highest BCUT2D eigenvalue weighted by Crippen LogP contribution is 2.31. The molecule has 1 saturated carbocycles. The fourth-order valence-corrected chi connectivity index (χ4v) is 8.25. The van der Waals surface area contributed by atoms with Crippen molar-refractivity contribution in [2.24, 2.45) is 0 Å². The summed E-state index contributed by atoms with van der Waals surface area (Å²) in [7, 11) is -3.14. The summed E-state index contributed by atoms with van der Waals surface area (Å²) in [6, 6.07) is 22.6. The second-order valence-electron chi connectivity index (χ2n) is 12.7. The van der Waals surface area contributed by atoms with Crippen LogP contribution in [0.15, 0.2) is 95.9 Å². The topological polar surface area (TPSA) is 139 Å². The van der Waals surface area contributed by atoms with E-state index in [4.69, 9.17) is 27.9 Å². The van der Waals surface area contributed by atoms with Gasteiger partial charge in [0.05, 0.1) is 22.6 Å². The average Bonchev–Trinajstić information content (AvgIpc) is 3.13. The molecule has 274 valence electrons. The molecule has 2 amide bonds. The number of hydrogen-bond donors (Lipinski definition) is 1. The first-order chi connectivity index (χ1) is 24.9. The van der Waals surface area contributed by atoms with Crippen molar-refractivity contribution in [1.29, 1.82) is 0 Å². The van der Waals surface area contributed by atoms with Crippen molar-refractivity contribution in [3.8, 4) is 5.75 Å². The van der Waals surface area contributed by atoms with Crippen molar-refractivity contribution in [1.82, 2.24) is 10.2 Å². The molecule has 0 aromatic heterocycles. The summed E-state index contributed by atoms with van der Waals surface area (Å²) in [4.78, 5) is 41.2. The second-order valence-corrected chi connectivity index (χ2v) is 15.4. The number of amides is 2. The van der Waals surface area contributed by atoms with E-state index in [2.05, 4.69) is 5.32 Å². The van der Waals surface area contributed by atoms with Gasteiger partial charge in [-0.3, -0.25) is 24.0 Å². The molecule has 0 unspecified atom stereocenters. The van der Waals surface area contributed by atoms with E-state index in [1.54, 1.807) is 18.2 Å². The molecule has 0 radical (unpaired) electrons. The maximum absolute atomic E-state index is 14.8. The van der Waals surface area contributed by atoms with Crippen LogP contribution in [0.4, 0.5) is 11.4 Å². The molecule has 11 nitrogen and oxygen atoms in total. The van der Waals surface area contributed by atoms with Crippen molar-refractivity contribution in [3.05, 3.63) is 128 Å². The van der Waals surface area contributed by atoms with E-state index in [0.29, 0.717) is 11.3 Å². The van der Waals surface area contributed by atoms with Gasteiger partial charge in [0.25, 0.3) is 15.7 Å². The molecule has 0 aliphatic heterocycles. The quantitative estimate of drug-likeness (QED) is 0.104. The van der Waals surface area contributed by atoms with E-state index in [0.717, 1.165) is 48.0 Å². The van der Waals surface area contributed by atoms with Gasteiger partial charge >= 0.3 is 0 Å². The number of nitro groups is 1. The standard InChI is InChI=1S/C38H40Cl2N4O7S/c1-26-16-21-31(23-35(26)44(47)48)52(49,50)43(29-17-19-30(51-2)20-18-29)25-37(45)42(24-32-33(39)14-9-15-34(32)40)36(22-27-10-5-3-6-11-27)38(46)41-28-12-7-4-8-13-28/h3,5-6,9-11,14-21,23,28,36H,4,7-8,12-13,22,24-25H2,1-2H3,(H,41,46)/t36-/m0/s1. The van der Waals surface area contributed by atoms with E-state index in [9.17, 15) is 28.1 Å². The molecular weight excluding hydrogens is 727 g/mol. The number of aryl methyl sites for hydroxylation is 1. The Hall–Kier alpha value is -4.65. The van der Waals surface area contributed by atoms with Crippen LogP contribution in [0.2, 0.25) is 10.0 Å². The number of anilines is 1. The van der Waals surface area contributed by atoms with Gasteiger partial charge in [-0.05, 0) is 67.8 Å². The molecule has 1 N–H and O–H groups in total. The van der Waals surface area contributed by atoms with Crippen LogP contribution >= 0.6 is 23.2 Å². The Morgan fingerprint density at radius 1 is 0.942 bits per heavy atom. The summed E-state index contributed by atoms with van der Waals surface area (Å²) in [6.45, 7) is 0.530. The molecule has 0 saturated heterocycles. The predicted molar refractivity (Wildman–Crippen MR) is 201 cm³/mol.